The van der Waals surface area contributed by atoms with Crippen molar-refractivity contribution in [3.05, 3.63) is 0 Å². The summed E-state index contributed by atoms with van der Waals surface area (Å²) >= 11 is 4.86. The van der Waals surface area contributed by atoms with Crippen LogP contribution in [0, 0.1) is 5.92 Å². The van der Waals surface area contributed by atoms with E-state index in [-0.39, 0.29) is 5.92 Å². The second kappa shape index (κ2) is 5.95. The van der Waals surface area contributed by atoms with Crippen molar-refractivity contribution in [2.45, 2.75) is 20.3 Å². The number of hydrogen-bond acceptors (Lipinski definition) is 3. The zero-order chi connectivity index (χ0) is 13.0. The molecule has 1 aliphatic rings. The van der Waals surface area contributed by atoms with E-state index in [2.05, 4.69) is 0 Å². The van der Waals surface area contributed by atoms with Crippen LogP contribution in [0.3, 0.4) is 0 Å². The van der Waals surface area contributed by atoms with Crippen LogP contribution in [0.15, 0.2) is 0 Å². The molecule has 1 rings (SSSR count). The van der Waals surface area contributed by atoms with Gasteiger partial charge in [0, 0.05) is 32.1 Å². The van der Waals surface area contributed by atoms with Crippen molar-refractivity contribution < 1.29 is 9.59 Å². The summed E-state index contributed by atoms with van der Waals surface area (Å²) in [7, 11) is 0. The molecule has 0 aromatic heterocycles. The van der Waals surface area contributed by atoms with Crippen molar-refractivity contribution in [2.75, 3.05) is 26.2 Å². The van der Waals surface area contributed by atoms with E-state index in [0.717, 1.165) is 6.42 Å². The summed E-state index contributed by atoms with van der Waals surface area (Å²) in [5.41, 5.74) is 5.51. The fourth-order valence-electron chi connectivity index (χ4n) is 1.79. The van der Waals surface area contributed by atoms with Crippen LogP contribution < -0.4 is 5.73 Å². The molecule has 0 radical (unpaired) electrons. The van der Waals surface area contributed by atoms with Gasteiger partial charge in [0.15, 0.2) is 0 Å². The summed E-state index contributed by atoms with van der Waals surface area (Å²) < 4.78 is 0. The van der Waals surface area contributed by atoms with E-state index in [4.69, 9.17) is 18.0 Å². The SMILES string of the molecule is CCCN1CCN(CC(C)C(N)=S)C(=O)C1=O. The number of carbonyl (C=O) groups excluding carboxylic acids is 2. The molecule has 1 saturated heterocycles. The first-order valence-electron chi connectivity index (χ1n) is 5.84. The summed E-state index contributed by atoms with van der Waals surface area (Å²) in [6, 6.07) is 0. The second-order valence-corrected chi connectivity index (χ2v) is 4.82. The molecule has 1 fully saturated rings. The van der Waals surface area contributed by atoms with Crippen LogP contribution in [0.2, 0.25) is 0 Å². The van der Waals surface area contributed by atoms with Crippen LogP contribution in [0.1, 0.15) is 20.3 Å². The van der Waals surface area contributed by atoms with Crippen molar-refractivity contribution in [1.82, 2.24) is 9.80 Å². The minimum Gasteiger partial charge on any atom is -0.393 e. The number of amides is 2. The van der Waals surface area contributed by atoms with Gasteiger partial charge in [-0.15, -0.1) is 0 Å². The van der Waals surface area contributed by atoms with Gasteiger partial charge < -0.3 is 15.5 Å². The third kappa shape index (κ3) is 3.39. The van der Waals surface area contributed by atoms with Gasteiger partial charge >= 0.3 is 11.8 Å². The molecule has 17 heavy (non-hydrogen) atoms. The molecule has 6 heteroatoms. The van der Waals surface area contributed by atoms with Gasteiger partial charge in [0.25, 0.3) is 0 Å². The number of hydrogen-bond donors (Lipinski definition) is 1. The molecule has 0 bridgehead atoms. The smallest absolute Gasteiger partial charge is 0.312 e. The summed E-state index contributed by atoms with van der Waals surface area (Å²) in [6.45, 7) is 6.08. The maximum absolute atomic E-state index is 11.8. The molecule has 0 spiro atoms. The number of carbonyl (C=O) groups is 2. The highest BCUT2D eigenvalue weighted by molar-refractivity contribution is 7.80. The molecule has 1 aliphatic heterocycles. The quantitative estimate of drug-likeness (QED) is 0.555. The Hall–Kier alpha value is -1.17. The third-order valence-corrected chi connectivity index (χ3v) is 3.27. The van der Waals surface area contributed by atoms with E-state index in [9.17, 15) is 9.59 Å². The third-order valence-electron chi connectivity index (χ3n) is 2.87. The molecule has 0 aliphatic carbocycles. The van der Waals surface area contributed by atoms with Gasteiger partial charge in [0.05, 0.1) is 4.99 Å². The standard InChI is InChI=1S/C11H19N3O2S/c1-3-4-13-5-6-14(11(16)10(13)15)7-8(2)9(12)17/h8H,3-7H2,1-2H3,(H2,12,17). The van der Waals surface area contributed by atoms with E-state index in [1.54, 1.807) is 9.80 Å². The van der Waals surface area contributed by atoms with Crippen molar-refractivity contribution in [1.29, 1.82) is 0 Å². The monoisotopic (exact) mass is 257 g/mol. The number of nitrogens with two attached hydrogens (primary N) is 1. The first-order chi connectivity index (χ1) is 7.97. The minimum atomic E-state index is -0.437. The van der Waals surface area contributed by atoms with Crippen LogP contribution in [0.25, 0.3) is 0 Å². The lowest BCUT2D eigenvalue weighted by atomic mass is 10.1. The largest absolute Gasteiger partial charge is 0.393 e. The Morgan fingerprint density at radius 1 is 1.35 bits per heavy atom. The fourth-order valence-corrected chi connectivity index (χ4v) is 1.87. The molecule has 1 heterocycles. The molecule has 0 aromatic rings. The maximum atomic E-state index is 11.8. The summed E-state index contributed by atoms with van der Waals surface area (Å²) in [5, 5.41) is 0. The highest BCUT2D eigenvalue weighted by atomic mass is 32.1. The number of nitrogens with zero attached hydrogens (tertiary/aromatic N) is 2. The zero-order valence-corrected chi connectivity index (χ0v) is 11.1. The first-order valence-corrected chi connectivity index (χ1v) is 6.25. The van der Waals surface area contributed by atoms with Gasteiger partial charge in [-0.3, -0.25) is 9.59 Å². The Kier molecular flexibility index (Phi) is 4.86. The Balaban J connectivity index is 2.59. The Labute approximate surface area is 107 Å². The molecule has 0 aromatic carbocycles. The van der Waals surface area contributed by atoms with Crippen molar-refractivity contribution >= 4 is 29.0 Å². The molecule has 1 unspecified atom stereocenters. The van der Waals surface area contributed by atoms with Crippen LogP contribution in [-0.4, -0.2) is 52.8 Å². The number of thiocarbonyl (C=S) groups is 1. The van der Waals surface area contributed by atoms with E-state index >= 15 is 0 Å². The molecule has 2 amide bonds. The van der Waals surface area contributed by atoms with Crippen LogP contribution >= 0.6 is 12.2 Å². The second-order valence-electron chi connectivity index (χ2n) is 4.35. The lowest BCUT2D eigenvalue weighted by Gasteiger charge is -2.34. The molecular formula is C11H19N3O2S. The molecule has 1 atom stereocenters. The Morgan fingerprint density at radius 3 is 2.41 bits per heavy atom. The topological polar surface area (TPSA) is 66.6 Å². The predicted octanol–water partition coefficient (Wildman–Crippen LogP) is -0.0106. The van der Waals surface area contributed by atoms with Gasteiger partial charge in [-0.1, -0.05) is 26.1 Å². The molecule has 5 nitrogen and oxygen atoms in total. The van der Waals surface area contributed by atoms with Crippen molar-refractivity contribution in [3.63, 3.8) is 0 Å². The van der Waals surface area contributed by atoms with Crippen LogP contribution in [-0.2, 0) is 9.59 Å². The lowest BCUT2D eigenvalue weighted by Crippen LogP contribution is -2.55. The molecule has 2 N–H and O–H groups in total. The van der Waals surface area contributed by atoms with Gasteiger partial charge in [-0.2, -0.15) is 0 Å². The summed E-state index contributed by atoms with van der Waals surface area (Å²) in [4.78, 5) is 27.1. The number of piperazine rings is 1. The number of rotatable bonds is 5. The van der Waals surface area contributed by atoms with Gasteiger partial charge in [0.2, 0.25) is 0 Å². The Morgan fingerprint density at radius 2 is 1.88 bits per heavy atom. The first kappa shape index (κ1) is 13.9. The zero-order valence-electron chi connectivity index (χ0n) is 10.3. The lowest BCUT2D eigenvalue weighted by molar-refractivity contribution is -0.156. The van der Waals surface area contributed by atoms with Gasteiger partial charge in [-0.05, 0) is 6.42 Å². The normalized spacial score (nSPS) is 18.5. The maximum Gasteiger partial charge on any atom is 0.312 e. The van der Waals surface area contributed by atoms with Gasteiger partial charge in [-0.25, -0.2) is 0 Å². The van der Waals surface area contributed by atoms with Crippen LogP contribution in [0.5, 0.6) is 0 Å². The van der Waals surface area contributed by atoms with Crippen LogP contribution in [0.4, 0.5) is 0 Å². The highest BCUT2D eigenvalue weighted by Gasteiger charge is 2.32. The Bertz CT molecular complexity index is 333. The predicted molar refractivity (Wildman–Crippen MR) is 69.4 cm³/mol. The summed E-state index contributed by atoms with van der Waals surface area (Å²) in [6.07, 6.45) is 0.863. The fraction of sp³-hybridized carbons (Fsp3) is 0.727. The average Bonchev–Trinajstić information content (AvgIpc) is 2.28. The van der Waals surface area contributed by atoms with E-state index in [0.29, 0.717) is 31.2 Å². The molecular weight excluding hydrogens is 238 g/mol. The molecule has 0 saturated carbocycles. The van der Waals surface area contributed by atoms with Gasteiger partial charge in [0.1, 0.15) is 0 Å². The summed E-state index contributed by atoms with van der Waals surface area (Å²) in [5.74, 6) is -0.902. The van der Waals surface area contributed by atoms with E-state index in [1.807, 2.05) is 13.8 Å². The minimum absolute atomic E-state index is 0.0560. The van der Waals surface area contributed by atoms with Crippen molar-refractivity contribution in [2.24, 2.45) is 11.7 Å². The highest BCUT2D eigenvalue weighted by Crippen LogP contribution is 2.09. The van der Waals surface area contributed by atoms with E-state index < -0.39 is 11.8 Å². The molecule has 96 valence electrons. The van der Waals surface area contributed by atoms with Crippen molar-refractivity contribution in [3.8, 4) is 0 Å². The average molecular weight is 257 g/mol. The van der Waals surface area contributed by atoms with E-state index in [1.165, 1.54) is 0 Å².